The van der Waals surface area contributed by atoms with Crippen LogP contribution in [0.2, 0.25) is 5.28 Å². The molecule has 3 N–H and O–H groups in total. The minimum absolute atomic E-state index is 0.0295. The Kier molecular flexibility index (Phi) is 7.17. The molecule has 2 aromatic rings. The Morgan fingerprint density at radius 1 is 1.45 bits per heavy atom. The first-order valence-corrected chi connectivity index (χ1v) is 9.69. The van der Waals surface area contributed by atoms with E-state index < -0.39 is 30.9 Å². The number of alkyl halides is 1. The van der Waals surface area contributed by atoms with Crippen LogP contribution in [0.4, 0.5) is 10.2 Å². The molecule has 5 atom stereocenters. The van der Waals surface area contributed by atoms with Crippen molar-refractivity contribution in [3.63, 3.8) is 0 Å². The lowest BCUT2D eigenvalue weighted by molar-refractivity contribution is -0.211. The molecule has 0 aromatic carbocycles. The highest BCUT2D eigenvalue weighted by molar-refractivity contribution is 6.28. The molecule has 12 heteroatoms. The molecule has 0 aliphatic carbocycles. The lowest BCUT2D eigenvalue weighted by Crippen LogP contribution is -2.40. The lowest BCUT2D eigenvalue weighted by Gasteiger charge is -2.24. The smallest absolute Gasteiger partial charge is 0.295 e. The fourth-order valence-electron chi connectivity index (χ4n) is 3.20. The van der Waals surface area contributed by atoms with Crippen LogP contribution in [0.5, 0.6) is 0 Å². The monoisotopic (exact) mass is 431 g/mol. The number of aliphatic hydroxyl groups excluding tert-OH is 1. The van der Waals surface area contributed by atoms with Gasteiger partial charge in [-0.2, -0.15) is 9.97 Å². The second-order valence-corrected chi connectivity index (χ2v) is 7.00. The summed E-state index contributed by atoms with van der Waals surface area (Å²) in [5.41, 5.74) is 6.13. The number of aliphatic hydroxyl groups is 1. The number of rotatable bonds is 10. The lowest BCUT2D eigenvalue weighted by atomic mass is 10.1. The summed E-state index contributed by atoms with van der Waals surface area (Å²) in [5, 5.41) is 10.2. The zero-order valence-electron chi connectivity index (χ0n) is 15.8. The molecule has 1 aliphatic rings. The Balaban J connectivity index is 1.77. The summed E-state index contributed by atoms with van der Waals surface area (Å²) in [7, 11) is 0. The maximum Gasteiger partial charge on any atom is 0.295 e. The maximum absolute atomic E-state index is 14.9. The highest BCUT2D eigenvalue weighted by atomic mass is 35.5. The van der Waals surface area contributed by atoms with Crippen molar-refractivity contribution in [2.45, 2.75) is 63.5 Å². The molecule has 160 valence electrons. The van der Waals surface area contributed by atoms with Crippen LogP contribution < -0.4 is 5.73 Å². The van der Waals surface area contributed by atoms with Crippen LogP contribution in [0, 0.1) is 0 Å². The van der Waals surface area contributed by atoms with E-state index in [1.54, 1.807) is 0 Å². The second kappa shape index (κ2) is 9.61. The number of hydrogen-bond donors (Lipinski definition) is 2. The summed E-state index contributed by atoms with van der Waals surface area (Å²) in [6.45, 7) is 2.53. The van der Waals surface area contributed by atoms with Gasteiger partial charge in [-0.05, 0) is 18.0 Å². The van der Waals surface area contributed by atoms with Gasteiger partial charge in [0.25, 0.3) is 6.47 Å². The van der Waals surface area contributed by atoms with Crippen LogP contribution in [0.15, 0.2) is 6.33 Å². The molecule has 0 saturated carbocycles. The molecule has 2 aromatic heterocycles. The van der Waals surface area contributed by atoms with Crippen molar-refractivity contribution in [1.82, 2.24) is 19.5 Å². The number of carbonyl (C=O) groups is 1. The molecule has 1 saturated heterocycles. The predicted octanol–water partition coefficient (Wildman–Crippen LogP) is 1.75. The normalized spacial score (nSPS) is 25.4. The summed E-state index contributed by atoms with van der Waals surface area (Å²) in [5.74, 6) is 0.0295. The number of nitrogens with two attached hydrogens (primary N) is 1. The summed E-state index contributed by atoms with van der Waals surface area (Å²) >= 11 is 5.83. The van der Waals surface area contributed by atoms with Gasteiger partial charge in [0.05, 0.1) is 12.9 Å². The van der Waals surface area contributed by atoms with Gasteiger partial charge in [-0.1, -0.05) is 26.2 Å². The molecule has 0 bridgehead atoms. The van der Waals surface area contributed by atoms with Crippen LogP contribution in [0.1, 0.15) is 38.8 Å². The van der Waals surface area contributed by atoms with Gasteiger partial charge in [0.15, 0.2) is 30.0 Å². The van der Waals surface area contributed by atoms with E-state index in [2.05, 4.69) is 21.9 Å². The summed E-state index contributed by atoms with van der Waals surface area (Å²) < 4.78 is 32.2. The molecule has 0 radical (unpaired) electrons. The van der Waals surface area contributed by atoms with Crippen molar-refractivity contribution in [3.05, 3.63) is 11.6 Å². The Hall–Kier alpha value is -2.08. The van der Waals surface area contributed by atoms with Crippen LogP contribution in [0.25, 0.3) is 11.2 Å². The van der Waals surface area contributed by atoms with Crippen molar-refractivity contribution >= 4 is 35.1 Å². The molecular formula is C17H23ClFN5O5. The van der Waals surface area contributed by atoms with E-state index in [1.807, 2.05) is 0 Å². The van der Waals surface area contributed by atoms with Crippen LogP contribution >= 0.6 is 11.6 Å². The van der Waals surface area contributed by atoms with Gasteiger partial charge < -0.3 is 25.1 Å². The van der Waals surface area contributed by atoms with Gasteiger partial charge in [0.2, 0.25) is 11.6 Å². The number of halogens is 2. The van der Waals surface area contributed by atoms with Crippen LogP contribution in [-0.2, 0) is 19.0 Å². The van der Waals surface area contributed by atoms with E-state index in [0.29, 0.717) is 0 Å². The Morgan fingerprint density at radius 3 is 2.97 bits per heavy atom. The average molecular weight is 432 g/mol. The van der Waals surface area contributed by atoms with Crippen LogP contribution in [-0.4, -0.2) is 62.4 Å². The topological polar surface area (TPSA) is 135 Å². The number of aromatic nitrogens is 4. The van der Waals surface area contributed by atoms with Gasteiger partial charge in [-0.3, -0.25) is 9.36 Å². The standard InChI is InChI=1S/C17H23ClFN5O5/c1-2-3-4-5-6-27-16(28-8-25)12-11(26)9(19)15(29-12)24-7-21-10-13(20)22-17(18)23-14(10)24/h7-9,11-12,15-16,26H,2-6H2,1H3,(H2,20,22,23)/t9-,11-,12+,15+,16?/m0/s1. The third kappa shape index (κ3) is 4.58. The van der Waals surface area contributed by atoms with Crippen molar-refractivity contribution in [3.8, 4) is 0 Å². The maximum atomic E-state index is 14.9. The number of fused-ring (bicyclic) bond motifs is 1. The molecule has 3 heterocycles. The van der Waals surface area contributed by atoms with E-state index in [1.165, 1.54) is 10.9 Å². The number of imidazole rings is 1. The first-order valence-electron chi connectivity index (χ1n) is 9.31. The Labute approximate surface area is 171 Å². The summed E-state index contributed by atoms with van der Waals surface area (Å²) in [6, 6.07) is 0. The zero-order valence-corrected chi connectivity index (χ0v) is 16.5. The van der Waals surface area contributed by atoms with Gasteiger partial charge in [0, 0.05) is 0 Å². The Morgan fingerprint density at radius 2 is 2.24 bits per heavy atom. The number of unbranched alkanes of at least 4 members (excludes halogenated alkanes) is 3. The molecule has 1 unspecified atom stereocenters. The number of carbonyl (C=O) groups excluding carboxylic acids is 1. The zero-order chi connectivity index (χ0) is 21.0. The minimum atomic E-state index is -1.87. The number of nitrogen functional groups attached to an aromatic ring is 1. The number of nitrogens with zero attached hydrogens (tertiary/aromatic N) is 4. The van der Waals surface area contributed by atoms with Crippen molar-refractivity contribution in [1.29, 1.82) is 0 Å². The summed E-state index contributed by atoms with van der Waals surface area (Å²) in [6.07, 6.45) is -2.23. The van der Waals surface area contributed by atoms with Gasteiger partial charge in [0.1, 0.15) is 11.6 Å². The molecule has 1 aliphatic heterocycles. The fourth-order valence-corrected chi connectivity index (χ4v) is 3.37. The van der Waals surface area contributed by atoms with Crippen molar-refractivity contribution in [2.75, 3.05) is 12.3 Å². The Bertz CT molecular complexity index is 840. The van der Waals surface area contributed by atoms with Gasteiger partial charge in [-0.15, -0.1) is 0 Å². The van der Waals surface area contributed by atoms with E-state index in [4.69, 9.17) is 31.5 Å². The van der Waals surface area contributed by atoms with E-state index in [9.17, 15) is 14.3 Å². The van der Waals surface area contributed by atoms with Gasteiger partial charge >= 0.3 is 0 Å². The first kappa shape index (κ1) is 21.6. The van der Waals surface area contributed by atoms with Crippen molar-refractivity contribution in [2.24, 2.45) is 0 Å². The minimum Gasteiger partial charge on any atom is -0.435 e. The molecule has 3 rings (SSSR count). The highest BCUT2D eigenvalue weighted by Crippen LogP contribution is 2.36. The van der Waals surface area contributed by atoms with Gasteiger partial charge in [-0.25, -0.2) is 9.37 Å². The van der Waals surface area contributed by atoms with E-state index >= 15 is 0 Å². The largest absolute Gasteiger partial charge is 0.435 e. The van der Waals surface area contributed by atoms with E-state index in [-0.39, 0.29) is 35.3 Å². The second-order valence-electron chi connectivity index (χ2n) is 6.66. The van der Waals surface area contributed by atoms with Crippen LogP contribution in [0.3, 0.4) is 0 Å². The molecule has 10 nitrogen and oxygen atoms in total. The SMILES string of the molecule is CCCCCCOC(OC=O)[C@@H]1O[C@@H](n2cnc3c(N)nc(Cl)nc32)[C@@H](F)[C@@H]1O. The number of anilines is 1. The fraction of sp³-hybridized carbons (Fsp3) is 0.647. The number of hydrogen-bond acceptors (Lipinski definition) is 9. The molecule has 0 amide bonds. The quantitative estimate of drug-likeness (QED) is 0.249. The molecule has 0 spiro atoms. The third-order valence-corrected chi connectivity index (χ3v) is 4.83. The van der Waals surface area contributed by atoms with Crippen molar-refractivity contribution < 1.29 is 28.5 Å². The predicted molar refractivity (Wildman–Crippen MR) is 101 cm³/mol. The van der Waals surface area contributed by atoms with E-state index in [0.717, 1.165) is 25.7 Å². The highest BCUT2D eigenvalue weighted by Gasteiger charge is 2.50. The third-order valence-electron chi connectivity index (χ3n) is 4.67. The number of ether oxygens (including phenoxy) is 3. The average Bonchev–Trinajstić information content (AvgIpc) is 3.22. The molecule has 29 heavy (non-hydrogen) atoms. The summed E-state index contributed by atoms with van der Waals surface area (Å²) in [4.78, 5) is 22.7. The molecular weight excluding hydrogens is 409 g/mol. The first-order chi connectivity index (χ1) is 14.0. The molecule has 1 fully saturated rings.